The highest BCUT2D eigenvalue weighted by Gasteiger charge is 2.33. The van der Waals surface area contributed by atoms with E-state index in [0.29, 0.717) is 0 Å². The fourth-order valence-corrected chi connectivity index (χ4v) is 1.68. The van der Waals surface area contributed by atoms with Crippen molar-refractivity contribution in [2.45, 2.75) is 18.4 Å². The first-order chi connectivity index (χ1) is 5.83. The van der Waals surface area contributed by atoms with E-state index in [-0.39, 0.29) is 5.60 Å². The van der Waals surface area contributed by atoms with E-state index in [1.54, 1.807) is 0 Å². The molecule has 0 bridgehead atoms. The average Bonchev–Trinajstić information content (AvgIpc) is 2.07. The monoisotopic (exact) mass is 168 g/mol. The molecule has 0 aromatic heterocycles. The zero-order valence-electron chi connectivity index (χ0n) is 7.59. The summed E-state index contributed by atoms with van der Waals surface area (Å²) >= 11 is 0. The number of ether oxygens (including phenoxy) is 1. The molecule has 12 heavy (non-hydrogen) atoms. The molecule has 2 heteroatoms. The Morgan fingerprint density at radius 2 is 2.00 bits per heavy atom. The van der Waals surface area contributed by atoms with Gasteiger partial charge in [-0.2, -0.15) is 0 Å². The van der Waals surface area contributed by atoms with E-state index in [1.807, 2.05) is 12.2 Å². The third kappa shape index (κ3) is 2.19. The Morgan fingerprint density at radius 3 is 2.42 bits per heavy atom. The summed E-state index contributed by atoms with van der Waals surface area (Å²) in [5.74, 6) is 0. The van der Waals surface area contributed by atoms with Gasteiger partial charge < -0.3 is 10.1 Å². The predicted octanol–water partition coefficient (Wildman–Crippen LogP) is 0.471. The van der Waals surface area contributed by atoms with Crippen molar-refractivity contribution < 1.29 is 10.1 Å². The zero-order valence-corrected chi connectivity index (χ0v) is 7.59. The molecule has 1 rings (SSSR count). The summed E-state index contributed by atoms with van der Waals surface area (Å²) in [7, 11) is 0. The summed E-state index contributed by atoms with van der Waals surface area (Å²) < 4.78 is 5.77. The number of morpholine rings is 1. The molecule has 68 valence electrons. The summed E-state index contributed by atoms with van der Waals surface area (Å²) in [6.45, 7) is 10.5. The molecule has 2 N–H and O–H groups in total. The number of rotatable bonds is 4. The van der Waals surface area contributed by atoms with Gasteiger partial charge in [0.15, 0.2) is 0 Å². The van der Waals surface area contributed by atoms with Crippen molar-refractivity contribution in [1.82, 2.24) is 0 Å². The second-order valence-corrected chi connectivity index (χ2v) is 3.30. The van der Waals surface area contributed by atoms with Crippen molar-refractivity contribution in [1.29, 1.82) is 0 Å². The van der Waals surface area contributed by atoms with E-state index < -0.39 is 0 Å². The molecule has 1 aliphatic rings. The lowest BCUT2D eigenvalue weighted by molar-refractivity contribution is -0.685. The van der Waals surface area contributed by atoms with Gasteiger partial charge in [0.1, 0.15) is 12.1 Å². The SMILES string of the molecule is C=CCC1(CC=C)C[NH2+]CCO1. The minimum atomic E-state index is -0.0122. The van der Waals surface area contributed by atoms with Crippen LogP contribution in [0.25, 0.3) is 0 Å². The van der Waals surface area contributed by atoms with Crippen LogP contribution in [0.5, 0.6) is 0 Å². The Labute approximate surface area is 74.3 Å². The number of hydrogen-bond donors (Lipinski definition) is 1. The molecular weight excluding hydrogens is 150 g/mol. The Morgan fingerprint density at radius 1 is 1.33 bits per heavy atom. The maximum Gasteiger partial charge on any atom is 0.124 e. The van der Waals surface area contributed by atoms with Crippen molar-refractivity contribution in [3.63, 3.8) is 0 Å². The van der Waals surface area contributed by atoms with E-state index >= 15 is 0 Å². The van der Waals surface area contributed by atoms with Gasteiger partial charge in [0.05, 0.1) is 13.2 Å². The Bertz CT molecular complexity index is 147. The molecule has 1 saturated heterocycles. The topological polar surface area (TPSA) is 25.8 Å². The van der Waals surface area contributed by atoms with Crippen LogP contribution in [0.2, 0.25) is 0 Å². The number of hydrogen-bond acceptors (Lipinski definition) is 1. The highest BCUT2D eigenvalue weighted by atomic mass is 16.5. The van der Waals surface area contributed by atoms with Gasteiger partial charge in [0.2, 0.25) is 0 Å². The molecule has 1 fully saturated rings. The van der Waals surface area contributed by atoms with Gasteiger partial charge >= 0.3 is 0 Å². The lowest BCUT2D eigenvalue weighted by Crippen LogP contribution is -2.91. The van der Waals surface area contributed by atoms with Crippen LogP contribution in [0.3, 0.4) is 0 Å². The summed E-state index contributed by atoms with van der Waals surface area (Å²) in [6.07, 6.45) is 5.72. The van der Waals surface area contributed by atoms with Crippen molar-refractivity contribution >= 4 is 0 Å². The molecule has 2 nitrogen and oxygen atoms in total. The molecule has 1 heterocycles. The molecule has 0 unspecified atom stereocenters. The van der Waals surface area contributed by atoms with Gasteiger partial charge in [-0.05, 0) is 12.8 Å². The minimum Gasteiger partial charge on any atom is -0.363 e. The summed E-state index contributed by atoms with van der Waals surface area (Å²) in [4.78, 5) is 0. The minimum absolute atomic E-state index is 0.0122. The molecule has 0 amide bonds. The normalized spacial score (nSPS) is 21.7. The van der Waals surface area contributed by atoms with E-state index in [0.717, 1.165) is 32.5 Å². The highest BCUT2D eigenvalue weighted by Crippen LogP contribution is 2.21. The van der Waals surface area contributed by atoms with Crippen LogP contribution in [0.4, 0.5) is 0 Å². The van der Waals surface area contributed by atoms with Gasteiger partial charge in [-0.3, -0.25) is 0 Å². The van der Waals surface area contributed by atoms with Crippen LogP contribution in [0, 0.1) is 0 Å². The van der Waals surface area contributed by atoms with E-state index in [9.17, 15) is 0 Å². The van der Waals surface area contributed by atoms with Gasteiger partial charge in [-0.25, -0.2) is 0 Å². The molecule has 0 aromatic rings. The predicted molar refractivity (Wildman–Crippen MR) is 50.0 cm³/mol. The lowest BCUT2D eigenvalue weighted by atomic mass is 9.94. The van der Waals surface area contributed by atoms with Gasteiger partial charge in [0, 0.05) is 0 Å². The number of quaternary nitrogens is 1. The quantitative estimate of drug-likeness (QED) is 0.607. The standard InChI is InChI=1S/C10H17NO/c1-3-5-10(6-4-2)9-11-7-8-12-10/h3-4,11H,1-2,5-9H2/p+1. The van der Waals surface area contributed by atoms with E-state index in [1.165, 1.54) is 0 Å². The first-order valence-electron chi connectivity index (χ1n) is 4.50. The molecule has 0 atom stereocenters. The maximum absolute atomic E-state index is 5.77. The summed E-state index contributed by atoms with van der Waals surface area (Å²) in [5.41, 5.74) is -0.0122. The van der Waals surface area contributed by atoms with E-state index in [2.05, 4.69) is 18.5 Å². The van der Waals surface area contributed by atoms with Crippen LogP contribution in [-0.4, -0.2) is 25.3 Å². The van der Waals surface area contributed by atoms with Crippen molar-refractivity contribution in [2.24, 2.45) is 0 Å². The molecule has 1 aliphatic heterocycles. The number of nitrogens with two attached hydrogens (primary N) is 1. The lowest BCUT2D eigenvalue weighted by Gasteiger charge is -2.33. The fraction of sp³-hybridized carbons (Fsp3) is 0.600. The second kappa shape index (κ2) is 4.43. The molecule has 0 saturated carbocycles. The van der Waals surface area contributed by atoms with Gasteiger partial charge in [-0.1, -0.05) is 12.2 Å². The average molecular weight is 168 g/mol. The van der Waals surface area contributed by atoms with Crippen LogP contribution in [-0.2, 0) is 4.74 Å². The molecule has 0 aromatic carbocycles. The maximum atomic E-state index is 5.77. The second-order valence-electron chi connectivity index (χ2n) is 3.30. The van der Waals surface area contributed by atoms with Crippen molar-refractivity contribution in [2.75, 3.05) is 19.7 Å². The Balaban J connectivity index is 2.55. The largest absolute Gasteiger partial charge is 0.363 e. The third-order valence-electron chi connectivity index (χ3n) is 2.28. The summed E-state index contributed by atoms with van der Waals surface area (Å²) in [6, 6.07) is 0. The van der Waals surface area contributed by atoms with E-state index in [4.69, 9.17) is 4.74 Å². The fourth-order valence-electron chi connectivity index (χ4n) is 1.68. The first-order valence-corrected chi connectivity index (χ1v) is 4.50. The Hall–Kier alpha value is -0.600. The molecule has 0 aliphatic carbocycles. The summed E-state index contributed by atoms with van der Waals surface area (Å²) in [5, 5.41) is 2.30. The van der Waals surface area contributed by atoms with Crippen molar-refractivity contribution in [3.8, 4) is 0 Å². The molecule has 0 spiro atoms. The van der Waals surface area contributed by atoms with Gasteiger partial charge in [-0.15, -0.1) is 13.2 Å². The van der Waals surface area contributed by atoms with Gasteiger partial charge in [0.25, 0.3) is 0 Å². The Kier molecular flexibility index (Phi) is 3.50. The third-order valence-corrected chi connectivity index (χ3v) is 2.28. The zero-order chi connectivity index (χ0) is 8.86. The van der Waals surface area contributed by atoms with Crippen LogP contribution >= 0.6 is 0 Å². The van der Waals surface area contributed by atoms with Crippen LogP contribution in [0.1, 0.15) is 12.8 Å². The molecular formula is C10H18NO+. The molecule has 0 radical (unpaired) electrons. The first kappa shape index (κ1) is 9.49. The van der Waals surface area contributed by atoms with Crippen molar-refractivity contribution in [3.05, 3.63) is 25.3 Å². The van der Waals surface area contributed by atoms with Crippen LogP contribution < -0.4 is 5.32 Å². The van der Waals surface area contributed by atoms with Crippen LogP contribution in [0.15, 0.2) is 25.3 Å². The highest BCUT2D eigenvalue weighted by molar-refractivity contribution is 4.93. The smallest absolute Gasteiger partial charge is 0.124 e.